The van der Waals surface area contributed by atoms with Crippen molar-refractivity contribution in [3.8, 4) is 17.1 Å². The minimum atomic E-state index is -1.08. The lowest BCUT2D eigenvalue weighted by Gasteiger charge is -2.11. The lowest BCUT2D eigenvalue weighted by Crippen LogP contribution is -2.05. The van der Waals surface area contributed by atoms with Crippen LogP contribution in [0.5, 0.6) is 5.75 Å². The van der Waals surface area contributed by atoms with E-state index in [2.05, 4.69) is 9.97 Å². The van der Waals surface area contributed by atoms with Gasteiger partial charge in [0.1, 0.15) is 17.1 Å². The zero-order valence-corrected chi connectivity index (χ0v) is 13.9. The summed E-state index contributed by atoms with van der Waals surface area (Å²) in [5, 5.41) is 11.2. The van der Waals surface area contributed by atoms with Crippen LogP contribution in [-0.2, 0) is 0 Å². The highest BCUT2D eigenvalue weighted by atomic mass is 16.5. The topological polar surface area (TPSA) is 98.3 Å². The summed E-state index contributed by atoms with van der Waals surface area (Å²) >= 11 is 0. The number of carboxylic acid groups (broad SMARTS) is 1. The number of methoxy groups -OCH3 is 1. The summed E-state index contributed by atoms with van der Waals surface area (Å²) in [6, 6.07) is 16.2. The molecule has 2 aromatic carbocycles. The first-order chi connectivity index (χ1) is 12.6. The SMILES string of the molecule is COc1ccc2cc(C(=O)O)c(-c3nc4ccccc4cc3N)nc2c1. The van der Waals surface area contributed by atoms with Crippen LogP contribution < -0.4 is 10.5 Å². The maximum absolute atomic E-state index is 11.8. The number of fused-ring (bicyclic) bond motifs is 2. The van der Waals surface area contributed by atoms with Gasteiger partial charge in [-0.1, -0.05) is 18.2 Å². The van der Waals surface area contributed by atoms with E-state index >= 15 is 0 Å². The minimum Gasteiger partial charge on any atom is -0.497 e. The third-order valence-corrected chi connectivity index (χ3v) is 4.23. The van der Waals surface area contributed by atoms with Gasteiger partial charge in [-0.25, -0.2) is 14.8 Å². The van der Waals surface area contributed by atoms with Gasteiger partial charge in [-0.3, -0.25) is 0 Å². The third-order valence-electron chi connectivity index (χ3n) is 4.23. The van der Waals surface area contributed by atoms with Crippen molar-refractivity contribution < 1.29 is 14.6 Å². The molecule has 128 valence electrons. The molecule has 0 amide bonds. The molecule has 0 aliphatic carbocycles. The molecule has 0 spiro atoms. The van der Waals surface area contributed by atoms with Crippen molar-refractivity contribution in [2.75, 3.05) is 12.8 Å². The van der Waals surface area contributed by atoms with E-state index in [0.29, 0.717) is 28.0 Å². The molecule has 0 atom stereocenters. The molecule has 0 unspecified atom stereocenters. The van der Waals surface area contributed by atoms with Crippen molar-refractivity contribution in [3.05, 3.63) is 60.2 Å². The average Bonchev–Trinajstić information content (AvgIpc) is 2.65. The molecule has 0 fully saturated rings. The maximum atomic E-state index is 11.8. The molecule has 26 heavy (non-hydrogen) atoms. The van der Waals surface area contributed by atoms with E-state index in [4.69, 9.17) is 10.5 Å². The Balaban J connectivity index is 2.04. The summed E-state index contributed by atoms with van der Waals surface area (Å²) in [6.45, 7) is 0. The van der Waals surface area contributed by atoms with Crippen LogP contribution in [0.2, 0.25) is 0 Å². The van der Waals surface area contributed by atoms with Gasteiger partial charge in [0.25, 0.3) is 0 Å². The van der Waals surface area contributed by atoms with Gasteiger partial charge in [-0.15, -0.1) is 0 Å². The van der Waals surface area contributed by atoms with Crippen LogP contribution in [0.4, 0.5) is 5.69 Å². The highest BCUT2D eigenvalue weighted by molar-refractivity contribution is 6.01. The molecular formula is C20H15N3O3. The number of benzene rings is 2. The van der Waals surface area contributed by atoms with Crippen LogP contribution >= 0.6 is 0 Å². The van der Waals surface area contributed by atoms with E-state index in [0.717, 1.165) is 10.9 Å². The number of ether oxygens (including phenoxy) is 1. The molecular weight excluding hydrogens is 330 g/mol. The summed E-state index contributed by atoms with van der Waals surface area (Å²) in [5.41, 5.74) is 8.52. The van der Waals surface area contributed by atoms with Crippen molar-refractivity contribution in [2.24, 2.45) is 0 Å². The average molecular weight is 345 g/mol. The molecule has 0 saturated carbocycles. The highest BCUT2D eigenvalue weighted by Crippen LogP contribution is 2.31. The number of aromatic carboxylic acids is 1. The van der Waals surface area contributed by atoms with Crippen LogP contribution in [0.25, 0.3) is 33.2 Å². The summed E-state index contributed by atoms with van der Waals surface area (Å²) in [7, 11) is 1.57. The first kappa shape index (κ1) is 15.8. The normalized spacial score (nSPS) is 11.0. The van der Waals surface area contributed by atoms with Crippen LogP contribution in [0.15, 0.2) is 54.6 Å². The van der Waals surface area contributed by atoms with Gasteiger partial charge in [-0.2, -0.15) is 0 Å². The number of carbonyl (C=O) groups is 1. The second-order valence-electron chi connectivity index (χ2n) is 5.87. The molecule has 6 nitrogen and oxygen atoms in total. The van der Waals surface area contributed by atoms with Gasteiger partial charge in [0.15, 0.2) is 0 Å². The van der Waals surface area contributed by atoms with E-state index < -0.39 is 5.97 Å². The van der Waals surface area contributed by atoms with E-state index in [1.807, 2.05) is 24.3 Å². The molecule has 0 aliphatic rings. The molecule has 4 rings (SSSR count). The Labute approximate surface area is 148 Å². The van der Waals surface area contributed by atoms with Crippen molar-refractivity contribution in [3.63, 3.8) is 0 Å². The monoisotopic (exact) mass is 345 g/mol. The number of rotatable bonds is 3. The molecule has 4 aromatic rings. The van der Waals surface area contributed by atoms with Gasteiger partial charge in [-0.05, 0) is 30.3 Å². The van der Waals surface area contributed by atoms with Gasteiger partial charge >= 0.3 is 5.97 Å². The van der Waals surface area contributed by atoms with E-state index in [1.54, 1.807) is 37.4 Å². The Hall–Kier alpha value is -3.67. The third kappa shape index (κ3) is 2.57. The van der Waals surface area contributed by atoms with Gasteiger partial charge in [0, 0.05) is 16.8 Å². The first-order valence-electron chi connectivity index (χ1n) is 7.94. The van der Waals surface area contributed by atoms with Crippen LogP contribution in [0.1, 0.15) is 10.4 Å². The molecule has 0 bridgehead atoms. The predicted octanol–water partition coefficient (Wildman–Crippen LogP) is 3.74. The quantitative estimate of drug-likeness (QED) is 0.587. The van der Waals surface area contributed by atoms with Crippen molar-refractivity contribution in [1.82, 2.24) is 9.97 Å². The van der Waals surface area contributed by atoms with Gasteiger partial charge in [0.2, 0.25) is 0 Å². The number of hydrogen-bond acceptors (Lipinski definition) is 5. The van der Waals surface area contributed by atoms with Crippen molar-refractivity contribution >= 4 is 33.5 Å². The maximum Gasteiger partial charge on any atom is 0.338 e. The first-order valence-corrected chi connectivity index (χ1v) is 7.94. The number of nitrogens with zero attached hydrogens (tertiary/aromatic N) is 2. The fourth-order valence-electron chi connectivity index (χ4n) is 2.94. The standard InChI is InChI=1S/C20H15N3O3/c1-26-13-7-6-12-8-14(20(24)25)18(23-17(12)10-13)19-15(21)9-11-4-2-3-5-16(11)22-19/h2-10H,21H2,1H3,(H,24,25). The van der Waals surface area contributed by atoms with Gasteiger partial charge < -0.3 is 15.6 Å². The van der Waals surface area contributed by atoms with Crippen molar-refractivity contribution in [1.29, 1.82) is 0 Å². The summed E-state index contributed by atoms with van der Waals surface area (Å²) in [4.78, 5) is 20.9. The number of aromatic nitrogens is 2. The van der Waals surface area contributed by atoms with Crippen LogP contribution in [0.3, 0.4) is 0 Å². The number of carboxylic acids is 1. The Morgan fingerprint density at radius 3 is 2.46 bits per heavy atom. The molecule has 6 heteroatoms. The van der Waals surface area contributed by atoms with Crippen LogP contribution in [-0.4, -0.2) is 28.2 Å². The smallest absolute Gasteiger partial charge is 0.338 e. The largest absolute Gasteiger partial charge is 0.497 e. The Morgan fingerprint density at radius 1 is 0.962 bits per heavy atom. The Bertz CT molecular complexity index is 1170. The highest BCUT2D eigenvalue weighted by Gasteiger charge is 2.19. The molecule has 0 radical (unpaired) electrons. The van der Waals surface area contributed by atoms with Crippen molar-refractivity contribution in [2.45, 2.75) is 0 Å². The fraction of sp³-hybridized carbons (Fsp3) is 0.0500. The number of hydrogen-bond donors (Lipinski definition) is 2. The van der Waals surface area contributed by atoms with Gasteiger partial charge in [0.05, 0.1) is 29.4 Å². The summed E-state index contributed by atoms with van der Waals surface area (Å²) in [5.74, 6) is -0.446. The lowest BCUT2D eigenvalue weighted by molar-refractivity contribution is 0.0697. The number of anilines is 1. The van der Waals surface area contributed by atoms with E-state index in [1.165, 1.54) is 0 Å². The zero-order valence-electron chi connectivity index (χ0n) is 13.9. The number of nitrogen functional groups attached to an aromatic ring is 1. The molecule has 0 saturated heterocycles. The lowest BCUT2D eigenvalue weighted by atomic mass is 10.0. The molecule has 3 N–H and O–H groups in total. The molecule has 2 aromatic heterocycles. The Morgan fingerprint density at radius 2 is 1.69 bits per heavy atom. The Kier molecular flexibility index (Phi) is 3.65. The predicted molar refractivity (Wildman–Crippen MR) is 100 cm³/mol. The van der Waals surface area contributed by atoms with E-state index in [-0.39, 0.29) is 11.3 Å². The second kappa shape index (κ2) is 6.00. The minimum absolute atomic E-state index is 0.0529. The fourth-order valence-corrected chi connectivity index (χ4v) is 2.94. The zero-order chi connectivity index (χ0) is 18.3. The van der Waals surface area contributed by atoms with Crippen LogP contribution in [0, 0.1) is 0 Å². The molecule has 2 heterocycles. The van der Waals surface area contributed by atoms with E-state index in [9.17, 15) is 9.90 Å². The summed E-state index contributed by atoms with van der Waals surface area (Å²) in [6.07, 6.45) is 0. The number of para-hydroxylation sites is 1. The summed E-state index contributed by atoms with van der Waals surface area (Å²) < 4.78 is 5.23. The number of nitrogens with two attached hydrogens (primary N) is 1. The molecule has 0 aliphatic heterocycles. The number of pyridine rings is 2. The second-order valence-corrected chi connectivity index (χ2v) is 5.87.